The first-order valence-electron chi connectivity index (χ1n) is 6.22. The molecule has 1 fully saturated rings. The van der Waals surface area contributed by atoms with Crippen molar-refractivity contribution in [3.05, 3.63) is 12.1 Å². The molecular formula is C13H17NO4. The van der Waals surface area contributed by atoms with Crippen molar-refractivity contribution in [2.24, 2.45) is 0 Å². The van der Waals surface area contributed by atoms with Crippen molar-refractivity contribution in [2.75, 3.05) is 27.0 Å². The van der Waals surface area contributed by atoms with Crippen LogP contribution in [0.1, 0.15) is 12.8 Å². The molecule has 2 aliphatic heterocycles. The molecule has 0 radical (unpaired) electrons. The zero-order valence-corrected chi connectivity index (χ0v) is 10.4. The summed E-state index contributed by atoms with van der Waals surface area (Å²) in [5, 5.41) is 3.32. The maximum Gasteiger partial charge on any atom is 0.231 e. The van der Waals surface area contributed by atoms with E-state index in [-0.39, 0.29) is 12.9 Å². The molecule has 1 aromatic rings. The summed E-state index contributed by atoms with van der Waals surface area (Å²) in [5.41, 5.74) is 0. The van der Waals surface area contributed by atoms with E-state index in [2.05, 4.69) is 5.32 Å². The number of fused-ring (bicyclic) bond motifs is 1. The lowest BCUT2D eigenvalue weighted by molar-refractivity contribution is 0.160. The van der Waals surface area contributed by atoms with Crippen LogP contribution in [0.25, 0.3) is 0 Å². The van der Waals surface area contributed by atoms with Crippen molar-refractivity contribution in [3.8, 4) is 23.0 Å². The van der Waals surface area contributed by atoms with Crippen molar-refractivity contribution < 1.29 is 18.9 Å². The summed E-state index contributed by atoms with van der Waals surface area (Å²) in [6, 6.07) is 3.66. The van der Waals surface area contributed by atoms with E-state index in [0.717, 1.165) is 37.4 Å². The predicted molar refractivity (Wildman–Crippen MR) is 65.6 cm³/mol. The maximum atomic E-state index is 5.98. The van der Waals surface area contributed by atoms with Gasteiger partial charge in [0.15, 0.2) is 23.0 Å². The number of hydrogen-bond donors (Lipinski definition) is 1. The van der Waals surface area contributed by atoms with Gasteiger partial charge in [0, 0.05) is 18.7 Å². The number of piperidine rings is 1. The molecule has 1 N–H and O–H groups in total. The Balaban J connectivity index is 1.81. The Morgan fingerprint density at radius 1 is 1.22 bits per heavy atom. The molecule has 5 nitrogen and oxygen atoms in total. The molecule has 1 aromatic carbocycles. The van der Waals surface area contributed by atoms with E-state index in [1.54, 1.807) is 7.11 Å². The van der Waals surface area contributed by atoms with Gasteiger partial charge in [0.1, 0.15) is 6.10 Å². The second kappa shape index (κ2) is 4.94. The van der Waals surface area contributed by atoms with Crippen LogP contribution >= 0.6 is 0 Å². The van der Waals surface area contributed by atoms with Gasteiger partial charge >= 0.3 is 0 Å². The molecular weight excluding hydrogens is 234 g/mol. The molecule has 2 heterocycles. The van der Waals surface area contributed by atoms with Gasteiger partial charge in [-0.15, -0.1) is 0 Å². The summed E-state index contributed by atoms with van der Waals surface area (Å²) >= 11 is 0. The summed E-state index contributed by atoms with van der Waals surface area (Å²) in [6.07, 6.45) is 2.38. The number of rotatable bonds is 3. The lowest BCUT2D eigenvalue weighted by atomic mass is 10.1. The predicted octanol–water partition coefficient (Wildman–Crippen LogP) is 1.55. The highest BCUT2D eigenvalue weighted by atomic mass is 16.7. The first-order chi connectivity index (χ1) is 8.86. The third-order valence-corrected chi connectivity index (χ3v) is 3.20. The van der Waals surface area contributed by atoms with Crippen LogP contribution in [0.4, 0.5) is 0 Å². The molecule has 0 aromatic heterocycles. The smallest absolute Gasteiger partial charge is 0.231 e. The zero-order valence-electron chi connectivity index (χ0n) is 10.4. The summed E-state index contributed by atoms with van der Waals surface area (Å²) in [5.74, 6) is 2.83. The van der Waals surface area contributed by atoms with Crippen LogP contribution in [-0.2, 0) is 0 Å². The van der Waals surface area contributed by atoms with Crippen LogP contribution < -0.4 is 24.3 Å². The van der Waals surface area contributed by atoms with E-state index in [1.165, 1.54) is 0 Å². The highest BCUT2D eigenvalue weighted by Crippen LogP contribution is 2.42. The molecule has 0 bridgehead atoms. The standard InChI is InChI=1S/C13H17NO4/c1-15-10-5-11-12(17-8-16-11)6-13(10)18-9-3-2-4-14-7-9/h5-6,9,14H,2-4,7-8H2,1H3. The Kier molecular flexibility index (Phi) is 3.15. The van der Waals surface area contributed by atoms with Gasteiger partial charge in [-0.2, -0.15) is 0 Å². The first-order valence-corrected chi connectivity index (χ1v) is 6.22. The Labute approximate surface area is 106 Å². The van der Waals surface area contributed by atoms with Crippen molar-refractivity contribution in [2.45, 2.75) is 18.9 Å². The first kappa shape index (κ1) is 11.5. The van der Waals surface area contributed by atoms with Crippen molar-refractivity contribution >= 4 is 0 Å². The van der Waals surface area contributed by atoms with Crippen molar-refractivity contribution in [1.82, 2.24) is 5.32 Å². The molecule has 0 aliphatic carbocycles. The van der Waals surface area contributed by atoms with Crippen LogP contribution in [0.2, 0.25) is 0 Å². The number of ether oxygens (including phenoxy) is 4. The molecule has 1 saturated heterocycles. The topological polar surface area (TPSA) is 49.0 Å². The molecule has 0 spiro atoms. The van der Waals surface area contributed by atoms with Crippen LogP contribution in [0, 0.1) is 0 Å². The number of hydrogen-bond acceptors (Lipinski definition) is 5. The minimum absolute atomic E-state index is 0.188. The SMILES string of the molecule is COc1cc2c(cc1OC1CCCNC1)OCO2. The van der Waals surface area contributed by atoms with Crippen LogP contribution in [0.5, 0.6) is 23.0 Å². The van der Waals surface area contributed by atoms with Gasteiger partial charge in [-0.1, -0.05) is 0 Å². The van der Waals surface area contributed by atoms with E-state index in [9.17, 15) is 0 Å². The quantitative estimate of drug-likeness (QED) is 0.883. The number of methoxy groups -OCH3 is 1. The summed E-state index contributed by atoms with van der Waals surface area (Å²) < 4.78 is 22.0. The van der Waals surface area contributed by atoms with Gasteiger partial charge in [0.05, 0.1) is 7.11 Å². The highest BCUT2D eigenvalue weighted by molar-refractivity contribution is 5.55. The third kappa shape index (κ3) is 2.18. The van der Waals surface area contributed by atoms with E-state index < -0.39 is 0 Å². The number of nitrogens with one attached hydrogen (secondary N) is 1. The highest BCUT2D eigenvalue weighted by Gasteiger charge is 2.21. The van der Waals surface area contributed by atoms with Gasteiger partial charge in [-0.25, -0.2) is 0 Å². The van der Waals surface area contributed by atoms with Crippen LogP contribution in [-0.4, -0.2) is 33.1 Å². The molecule has 3 rings (SSSR count). The summed E-state index contributed by atoms with van der Waals surface area (Å²) in [7, 11) is 1.63. The maximum absolute atomic E-state index is 5.98. The van der Waals surface area contributed by atoms with E-state index in [1.807, 2.05) is 12.1 Å². The molecule has 1 atom stereocenters. The van der Waals surface area contributed by atoms with E-state index in [0.29, 0.717) is 11.5 Å². The molecule has 5 heteroatoms. The zero-order chi connectivity index (χ0) is 12.4. The Morgan fingerprint density at radius 2 is 2.00 bits per heavy atom. The Hall–Kier alpha value is -1.62. The van der Waals surface area contributed by atoms with E-state index >= 15 is 0 Å². The Morgan fingerprint density at radius 3 is 2.67 bits per heavy atom. The third-order valence-electron chi connectivity index (χ3n) is 3.20. The van der Waals surface area contributed by atoms with Gasteiger partial charge in [-0.3, -0.25) is 0 Å². The fourth-order valence-electron chi connectivity index (χ4n) is 2.26. The van der Waals surface area contributed by atoms with Crippen molar-refractivity contribution in [3.63, 3.8) is 0 Å². The normalized spacial score (nSPS) is 21.7. The molecule has 98 valence electrons. The molecule has 1 unspecified atom stereocenters. The minimum Gasteiger partial charge on any atom is -0.493 e. The second-order valence-corrected chi connectivity index (χ2v) is 4.44. The molecule has 0 amide bonds. The lowest BCUT2D eigenvalue weighted by Gasteiger charge is -2.24. The average Bonchev–Trinajstić information content (AvgIpc) is 2.86. The van der Waals surface area contributed by atoms with Gasteiger partial charge in [0.25, 0.3) is 0 Å². The lowest BCUT2D eigenvalue weighted by Crippen LogP contribution is -2.37. The minimum atomic E-state index is 0.188. The average molecular weight is 251 g/mol. The largest absolute Gasteiger partial charge is 0.493 e. The summed E-state index contributed by atoms with van der Waals surface area (Å²) in [4.78, 5) is 0. The molecule has 0 saturated carbocycles. The van der Waals surface area contributed by atoms with Gasteiger partial charge in [-0.05, 0) is 19.4 Å². The fraction of sp³-hybridized carbons (Fsp3) is 0.538. The van der Waals surface area contributed by atoms with E-state index in [4.69, 9.17) is 18.9 Å². The Bertz CT molecular complexity index is 429. The molecule has 18 heavy (non-hydrogen) atoms. The number of benzene rings is 1. The van der Waals surface area contributed by atoms with Crippen molar-refractivity contribution in [1.29, 1.82) is 0 Å². The second-order valence-electron chi connectivity index (χ2n) is 4.44. The summed E-state index contributed by atoms with van der Waals surface area (Å²) in [6.45, 7) is 2.20. The van der Waals surface area contributed by atoms with Crippen LogP contribution in [0.15, 0.2) is 12.1 Å². The van der Waals surface area contributed by atoms with Gasteiger partial charge in [0.2, 0.25) is 6.79 Å². The van der Waals surface area contributed by atoms with Gasteiger partial charge < -0.3 is 24.3 Å². The monoisotopic (exact) mass is 251 g/mol. The fourth-order valence-corrected chi connectivity index (χ4v) is 2.26. The molecule has 2 aliphatic rings. The van der Waals surface area contributed by atoms with Crippen LogP contribution in [0.3, 0.4) is 0 Å².